The van der Waals surface area contributed by atoms with E-state index in [0.29, 0.717) is 5.52 Å². The van der Waals surface area contributed by atoms with Gasteiger partial charge in [0, 0.05) is 17.6 Å². The van der Waals surface area contributed by atoms with Crippen LogP contribution in [-0.2, 0) is 11.3 Å². The highest BCUT2D eigenvalue weighted by Crippen LogP contribution is 2.14. The summed E-state index contributed by atoms with van der Waals surface area (Å²) in [5.74, 6) is -1.73. The third kappa shape index (κ3) is 2.03. The molecule has 1 unspecified atom stereocenters. The third-order valence-electron chi connectivity index (χ3n) is 2.40. The number of nitrogens with zero attached hydrogens (tertiary/aromatic N) is 2. The van der Waals surface area contributed by atoms with Crippen LogP contribution in [0, 0.1) is 11.7 Å². The zero-order valence-electron chi connectivity index (χ0n) is 8.72. The molecule has 16 heavy (non-hydrogen) atoms. The molecule has 0 radical (unpaired) electrons. The van der Waals surface area contributed by atoms with Gasteiger partial charge in [0.2, 0.25) is 0 Å². The molecule has 0 amide bonds. The van der Waals surface area contributed by atoms with Crippen LogP contribution in [-0.4, -0.2) is 20.9 Å². The summed E-state index contributed by atoms with van der Waals surface area (Å²) >= 11 is 0. The number of fused-ring (bicyclic) bond motifs is 1. The van der Waals surface area contributed by atoms with Crippen molar-refractivity contribution in [3.63, 3.8) is 0 Å². The lowest BCUT2D eigenvalue weighted by Crippen LogP contribution is -2.16. The van der Waals surface area contributed by atoms with Crippen molar-refractivity contribution in [2.24, 2.45) is 5.92 Å². The van der Waals surface area contributed by atoms with Gasteiger partial charge in [-0.05, 0) is 12.1 Å². The molecule has 0 saturated carbocycles. The van der Waals surface area contributed by atoms with Crippen LogP contribution in [0.5, 0.6) is 0 Å². The fourth-order valence-electron chi connectivity index (χ4n) is 1.49. The second-order valence-corrected chi connectivity index (χ2v) is 3.79. The van der Waals surface area contributed by atoms with Crippen LogP contribution in [0.3, 0.4) is 0 Å². The van der Waals surface area contributed by atoms with E-state index in [1.807, 2.05) is 0 Å². The van der Waals surface area contributed by atoms with E-state index in [0.717, 1.165) is 5.39 Å². The lowest BCUT2D eigenvalue weighted by atomic mass is 10.2. The average molecular weight is 222 g/mol. The van der Waals surface area contributed by atoms with Gasteiger partial charge in [0.05, 0.1) is 18.0 Å². The number of carboxylic acids is 1. The Hall–Kier alpha value is -1.91. The van der Waals surface area contributed by atoms with Gasteiger partial charge in [-0.25, -0.2) is 4.39 Å². The van der Waals surface area contributed by atoms with E-state index in [1.165, 1.54) is 16.8 Å². The molecular formula is C11H11FN2O2. The van der Waals surface area contributed by atoms with Crippen molar-refractivity contribution in [2.75, 3.05) is 0 Å². The van der Waals surface area contributed by atoms with Gasteiger partial charge in [0.25, 0.3) is 0 Å². The molecule has 1 aromatic heterocycles. The summed E-state index contributed by atoms with van der Waals surface area (Å²) in [5, 5.41) is 13.7. The number of rotatable bonds is 3. The Labute approximate surface area is 91.3 Å². The molecule has 0 fully saturated rings. The molecule has 0 bridgehead atoms. The first kappa shape index (κ1) is 10.6. The van der Waals surface area contributed by atoms with E-state index in [2.05, 4.69) is 5.10 Å². The minimum Gasteiger partial charge on any atom is -0.481 e. The van der Waals surface area contributed by atoms with Gasteiger partial charge in [0.1, 0.15) is 5.82 Å². The molecule has 4 nitrogen and oxygen atoms in total. The van der Waals surface area contributed by atoms with E-state index in [9.17, 15) is 9.18 Å². The van der Waals surface area contributed by atoms with E-state index in [1.54, 1.807) is 19.2 Å². The van der Waals surface area contributed by atoms with Crippen molar-refractivity contribution in [1.29, 1.82) is 0 Å². The number of carboxylic acid groups (broad SMARTS) is 1. The number of halogens is 1. The molecule has 5 heteroatoms. The Balaban J connectivity index is 2.29. The summed E-state index contributed by atoms with van der Waals surface area (Å²) < 4.78 is 14.4. The summed E-state index contributed by atoms with van der Waals surface area (Å²) in [4.78, 5) is 10.7. The summed E-state index contributed by atoms with van der Waals surface area (Å²) in [6.45, 7) is 1.89. The Morgan fingerprint density at radius 3 is 3.06 bits per heavy atom. The fraction of sp³-hybridized carbons (Fsp3) is 0.273. The van der Waals surface area contributed by atoms with Crippen LogP contribution in [0.4, 0.5) is 4.39 Å². The Kier molecular flexibility index (Phi) is 2.60. The predicted octanol–water partition coefficient (Wildman–Crippen LogP) is 1.90. The molecule has 0 aliphatic rings. The molecular weight excluding hydrogens is 211 g/mol. The fourth-order valence-corrected chi connectivity index (χ4v) is 1.49. The minimum atomic E-state index is -0.870. The van der Waals surface area contributed by atoms with Crippen molar-refractivity contribution in [1.82, 2.24) is 9.78 Å². The van der Waals surface area contributed by atoms with E-state index in [4.69, 9.17) is 5.11 Å². The summed E-state index contributed by atoms with van der Waals surface area (Å²) in [5.41, 5.74) is 0.539. The van der Waals surface area contributed by atoms with Gasteiger partial charge in [-0.1, -0.05) is 6.92 Å². The average Bonchev–Trinajstić information content (AvgIpc) is 2.58. The van der Waals surface area contributed by atoms with E-state index < -0.39 is 11.9 Å². The van der Waals surface area contributed by atoms with Gasteiger partial charge in [-0.15, -0.1) is 0 Å². The van der Waals surface area contributed by atoms with Crippen molar-refractivity contribution in [3.8, 4) is 0 Å². The second-order valence-electron chi connectivity index (χ2n) is 3.79. The zero-order valence-corrected chi connectivity index (χ0v) is 8.72. The number of aromatic nitrogens is 2. The second kappa shape index (κ2) is 3.92. The lowest BCUT2D eigenvalue weighted by Gasteiger charge is -2.04. The van der Waals surface area contributed by atoms with Gasteiger partial charge in [-0.2, -0.15) is 5.10 Å². The van der Waals surface area contributed by atoms with Crippen LogP contribution in [0.2, 0.25) is 0 Å². The maximum Gasteiger partial charge on any atom is 0.308 e. The Morgan fingerprint density at radius 1 is 1.62 bits per heavy atom. The number of carbonyl (C=O) groups is 1. The van der Waals surface area contributed by atoms with Crippen molar-refractivity contribution in [2.45, 2.75) is 13.5 Å². The third-order valence-corrected chi connectivity index (χ3v) is 2.40. The SMILES string of the molecule is CC(Cn1cc2ccc(F)cc2n1)C(=O)O. The summed E-state index contributed by atoms with van der Waals surface area (Å²) in [7, 11) is 0. The standard InChI is InChI=1S/C11H11FN2O2/c1-7(11(15)16)5-14-6-8-2-3-9(12)4-10(8)13-14/h2-4,6-7H,5H2,1H3,(H,15,16). The first-order chi connectivity index (χ1) is 7.56. The number of benzene rings is 1. The molecule has 1 aromatic carbocycles. The summed E-state index contributed by atoms with van der Waals surface area (Å²) in [6, 6.07) is 4.31. The lowest BCUT2D eigenvalue weighted by molar-refractivity contribution is -0.141. The highest BCUT2D eigenvalue weighted by atomic mass is 19.1. The molecule has 2 aromatic rings. The quantitative estimate of drug-likeness (QED) is 0.862. The molecule has 0 saturated heterocycles. The van der Waals surface area contributed by atoms with Crippen LogP contribution in [0.1, 0.15) is 6.92 Å². The first-order valence-corrected chi connectivity index (χ1v) is 4.92. The molecule has 0 aliphatic carbocycles. The van der Waals surface area contributed by atoms with E-state index in [-0.39, 0.29) is 12.4 Å². The molecule has 1 heterocycles. The minimum absolute atomic E-state index is 0.283. The molecule has 1 atom stereocenters. The highest BCUT2D eigenvalue weighted by molar-refractivity contribution is 5.78. The molecule has 1 N–H and O–H groups in total. The van der Waals surface area contributed by atoms with Gasteiger partial charge >= 0.3 is 5.97 Å². The molecule has 84 valence electrons. The monoisotopic (exact) mass is 222 g/mol. The van der Waals surface area contributed by atoms with Crippen molar-refractivity contribution < 1.29 is 14.3 Å². The Bertz CT molecular complexity index is 536. The van der Waals surface area contributed by atoms with Crippen molar-refractivity contribution in [3.05, 3.63) is 30.2 Å². The number of hydrogen-bond donors (Lipinski definition) is 1. The predicted molar refractivity (Wildman–Crippen MR) is 56.5 cm³/mol. The molecule has 0 spiro atoms. The first-order valence-electron chi connectivity index (χ1n) is 4.92. The van der Waals surface area contributed by atoms with E-state index >= 15 is 0 Å². The molecule has 2 rings (SSSR count). The van der Waals surface area contributed by atoms with Gasteiger partial charge in [-0.3, -0.25) is 9.48 Å². The van der Waals surface area contributed by atoms with Crippen LogP contribution < -0.4 is 0 Å². The highest BCUT2D eigenvalue weighted by Gasteiger charge is 2.12. The zero-order chi connectivity index (χ0) is 11.7. The number of hydrogen-bond acceptors (Lipinski definition) is 2. The normalized spacial score (nSPS) is 12.9. The Morgan fingerprint density at radius 2 is 2.38 bits per heavy atom. The van der Waals surface area contributed by atoms with Crippen molar-refractivity contribution >= 4 is 16.9 Å². The van der Waals surface area contributed by atoms with Crippen LogP contribution in [0.25, 0.3) is 10.9 Å². The largest absolute Gasteiger partial charge is 0.481 e. The smallest absolute Gasteiger partial charge is 0.308 e. The maximum atomic E-state index is 12.9. The van der Waals surface area contributed by atoms with Gasteiger partial charge in [0.15, 0.2) is 0 Å². The number of aliphatic carboxylic acids is 1. The molecule has 0 aliphatic heterocycles. The van der Waals surface area contributed by atoms with Crippen LogP contribution >= 0.6 is 0 Å². The van der Waals surface area contributed by atoms with Crippen LogP contribution in [0.15, 0.2) is 24.4 Å². The summed E-state index contributed by atoms with van der Waals surface area (Å²) in [6.07, 6.45) is 1.72. The topological polar surface area (TPSA) is 55.1 Å². The maximum absolute atomic E-state index is 12.9. The van der Waals surface area contributed by atoms with Gasteiger partial charge < -0.3 is 5.11 Å².